The molecule has 0 spiro atoms. The second-order valence-corrected chi connectivity index (χ2v) is 7.82. The Morgan fingerprint density at radius 1 is 1.27 bits per heavy atom. The van der Waals surface area contributed by atoms with Crippen molar-refractivity contribution in [3.63, 3.8) is 0 Å². The summed E-state index contributed by atoms with van der Waals surface area (Å²) >= 11 is 1.58. The molecular weight excluding hydrogens is 346 g/mol. The van der Waals surface area contributed by atoms with E-state index in [4.69, 9.17) is 0 Å². The lowest BCUT2D eigenvalue weighted by Gasteiger charge is -2.32. The summed E-state index contributed by atoms with van der Waals surface area (Å²) in [5.41, 5.74) is 3.18. The van der Waals surface area contributed by atoms with Crippen molar-refractivity contribution in [2.45, 2.75) is 45.1 Å². The van der Waals surface area contributed by atoms with E-state index in [2.05, 4.69) is 10.3 Å². The molecule has 0 fully saturated rings. The maximum Gasteiger partial charge on any atom is 0.228 e. The highest BCUT2D eigenvalue weighted by Crippen LogP contribution is 2.34. The van der Waals surface area contributed by atoms with Gasteiger partial charge in [-0.25, -0.2) is 4.98 Å². The van der Waals surface area contributed by atoms with Crippen molar-refractivity contribution in [3.8, 4) is 0 Å². The highest BCUT2D eigenvalue weighted by molar-refractivity contribution is 7.15. The molecule has 134 valence electrons. The first-order valence-electron chi connectivity index (χ1n) is 8.96. The normalized spacial score (nSPS) is 18.2. The van der Waals surface area contributed by atoms with Gasteiger partial charge in [0.2, 0.25) is 11.8 Å². The van der Waals surface area contributed by atoms with Crippen LogP contribution >= 0.6 is 11.3 Å². The van der Waals surface area contributed by atoms with Crippen LogP contribution in [-0.4, -0.2) is 21.7 Å². The monoisotopic (exact) mass is 367 g/mol. The second-order valence-electron chi connectivity index (χ2n) is 6.74. The Balaban J connectivity index is 1.52. The number of nitrogens with one attached hydrogen (secondary N) is 1. The van der Waals surface area contributed by atoms with Crippen LogP contribution in [0.15, 0.2) is 30.5 Å². The van der Waals surface area contributed by atoms with E-state index in [0.29, 0.717) is 5.13 Å². The molecule has 0 saturated carbocycles. The molecular formula is C20H21N3O2S. The fourth-order valence-corrected chi connectivity index (χ4v) is 4.73. The predicted octanol–water partition coefficient (Wildman–Crippen LogP) is 3.92. The molecule has 1 aromatic heterocycles. The van der Waals surface area contributed by atoms with Crippen molar-refractivity contribution in [3.05, 3.63) is 52.2 Å². The Morgan fingerprint density at radius 3 is 2.88 bits per heavy atom. The molecule has 1 atom stereocenters. The summed E-state index contributed by atoms with van der Waals surface area (Å²) in [6, 6.07) is 7.60. The zero-order chi connectivity index (χ0) is 18.1. The molecule has 2 aromatic rings. The van der Waals surface area contributed by atoms with Gasteiger partial charge < -0.3 is 10.2 Å². The molecule has 2 aliphatic rings. The first-order valence-corrected chi connectivity index (χ1v) is 9.78. The van der Waals surface area contributed by atoms with Crippen molar-refractivity contribution >= 4 is 34.4 Å². The van der Waals surface area contributed by atoms with Gasteiger partial charge in [0.25, 0.3) is 0 Å². The average molecular weight is 367 g/mol. The maximum atomic E-state index is 12.7. The number of fused-ring (bicyclic) bond motifs is 2. The van der Waals surface area contributed by atoms with Gasteiger partial charge in [-0.1, -0.05) is 24.3 Å². The molecule has 0 radical (unpaired) electrons. The van der Waals surface area contributed by atoms with Crippen LogP contribution in [0.3, 0.4) is 0 Å². The number of nitrogens with zero attached hydrogens (tertiary/aromatic N) is 2. The zero-order valence-corrected chi connectivity index (χ0v) is 15.5. The molecule has 26 heavy (non-hydrogen) atoms. The number of carbonyl (C=O) groups is 2. The van der Waals surface area contributed by atoms with Gasteiger partial charge in [-0.2, -0.15) is 0 Å². The van der Waals surface area contributed by atoms with Crippen LogP contribution in [0.5, 0.6) is 0 Å². The molecule has 2 amide bonds. The minimum Gasteiger partial charge on any atom is -0.311 e. The van der Waals surface area contributed by atoms with E-state index in [9.17, 15) is 9.59 Å². The third kappa shape index (κ3) is 3.29. The van der Waals surface area contributed by atoms with E-state index < -0.39 is 0 Å². The molecule has 4 rings (SSSR count). The largest absolute Gasteiger partial charge is 0.311 e. The minimum absolute atomic E-state index is 0.0711. The Bertz CT molecular complexity index is 863. The Hall–Kier alpha value is -2.47. The Kier molecular flexibility index (Phi) is 4.59. The van der Waals surface area contributed by atoms with Crippen molar-refractivity contribution in [1.82, 2.24) is 9.88 Å². The van der Waals surface area contributed by atoms with Crippen LogP contribution in [0.2, 0.25) is 0 Å². The number of carbonyl (C=O) groups excluding carboxylic acids is 2. The molecule has 1 aliphatic carbocycles. The van der Waals surface area contributed by atoms with E-state index >= 15 is 0 Å². The summed E-state index contributed by atoms with van der Waals surface area (Å²) in [5, 5.41) is 3.62. The van der Waals surface area contributed by atoms with Crippen molar-refractivity contribution in [2.75, 3.05) is 5.32 Å². The van der Waals surface area contributed by atoms with Gasteiger partial charge in [-0.15, -0.1) is 11.3 Å². The molecule has 6 heteroatoms. The standard InChI is InChI=1S/C20H21N3O2S/c1-13(24)23-11-10-14-6-2-3-7-15(14)17(23)12-19(25)22-20-21-16-8-4-5-9-18(16)26-20/h2-3,6-7,10-11,17H,4-5,8-9,12H2,1H3,(H,21,22,25)/t17-/m1/s1. The van der Waals surface area contributed by atoms with Crippen LogP contribution in [0, 0.1) is 0 Å². The average Bonchev–Trinajstić information content (AvgIpc) is 3.03. The topological polar surface area (TPSA) is 62.3 Å². The highest BCUT2D eigenvalue weighted by Gasteiger charge is 2.28. The third-order valence-electron chi connectivity index (χ3n) is 4.94. The van der Waals surface area contributed by atoms with E-state index in [1.807, 2.05) is 30.3 Å². The number of aromatic nitrogens is 1. The molecule has 0 unspecified atom stereocenters. The number of anilines is 1. The van der Waals surface area contributed by atoms with Gasteiger partial charge in [0, 0.05) is 18.0 Å². The first-order chi connectivity index (χ1) is 12.6. The van der Waals surface area contributed by atoms with Gasteiger partial charge in [0.15, 0.2) is 5.13 Å². The van der Waals surface area contributed by atoms with E-state index in [0.717, 1.165) is 29.7 Å². The van der Waals surface area contributed by atoms with Crippen LogP contribution in [0.25, 0.3) is 6.08 Å². The summed E-state index contributed by atoms with van der Waals surface area (Å²) < 4.78 is 0. The summed E-state index contributed by atoms with van der Waals surface area (Å²) in [6.45, 7) is 1.53. The summed E-state index contributed by atoms with van der Waals surface area (Å²) in [7, 11) is 0. The van der Waals surface area contributed by atoms with Crippen LogP contribution < -0.4 is 5.32 Å². The number of benzene rings is 1. The SMILES string of the molecule is CC(=O)N1C=Cc2ccccc2[C@H]1CC(=O)Nc1nc2c(s1)CCCC2. The molecule has 0 saturated heterocycles. The zero-order valence-electron chi connectivity index (χ0n) is 14.7. The molecule has 0 bridgehead atoms. The lowest BCUT2D eigenvalue weighted by atomic mass is 9.93. The predicted molar refractivity (Wildman–Crippen MR) is 103 cm³/mol. The number of hydrogen-bond acceptors (Lipinski definition) is 4. The lowest BCUT2D eigenvalue weighted by Crippen LogP contribution is -2.33. The number of hydrogen-bond donors (Lipinski definition) is 1. The van der Waals surface area contributed by atoms with E-state index in [1.165, 1.54) is 24.6 Å². The molecule has 1 aromatic carbocycles. The fraction of sp³-hybridized carbons (Fsp3) is 0.350. The highest BCUT2D eigenvalue weighted by atomic mass is 32.1. The quantitative estimate of drug-likeness (QED) is 0.894. The van der Waals surface area contributed by atoms with Crippen LogP contribution in [0.4, 0.5) is 5.13 Å². The number of aryl methyl sites for hydroxylation is 2. The molecule has 2 heterocycles. The lowest BCUT2D eigenvalue weighted by molar-refractivity contribution is -0.129. The van der Waals surface area contributed by atoms with Crippen molar-refractivity contribution < 1.29 is 9.59 Å². The van der Waals surface area contributed by atoms with E-state index in [-0.39, 0.29) is 24.3 Å². The fourth-order valence-electron chi connectivity index (χ4n) is 3.66. The van der Waals surface area contributed by atoms with Gasteiger partial charge >= 0.3 is 0 Å². The van der Waals surface area contributed by atoms with Gasteiger partial charge in [-0.05, 0) is 42.9 Å². The van der Waals surface area contributed by atoms with E-state index in [1.54, 1.807) is 22.4 Å². The maximum absolute atomic E-state index is 12.7. The molecule has 1 N–H and O–H groups in total. The summed E-state index contributed by atoms with van der Waals surface area (Å²) in [4.78, 5) is 32.2. The summed E-state index contributed by atoms with van der Waals surface area (Å²) in [5.74, 6) is -0.185. The van der Waals surface area contributed by atoms with Crippen LogP contribution in [-0.2, 0) is 22.4 Å². The van der Waals surface area contributed by atoms with Gasteiger partial charge in [0.1, 0.15) is 0 Å². The minimum atomic E-state index is -0.289. The number of rotatable bonds is 3. The van der Waals surface area contributed by atoms with Crippen molar-refractivity contribution in [1.29, 1.82) is 0 Å². The second kappa shape index (κ2) is 7.03. The Labute approximate surface area is 156 Å². The third-order valence-corrected chi connectivity index (χ3v) is 6.01. The first kappa shape index (κ1) is 17.0. The van der Waals surface area contributed by atoms with Crippen molar-refractivity contribution in [2.24, 2.45) is 0 Å². The summed E-state index contributed by atoms with van der Waals surface area (Å²) in [6.07, 6.45) is 8.32. The number of thiazole rings is 1. The number of amides is 2. The smallest absolute Gasteiger partial charge is 0.228 e. The molecule has 5 nitrogen and oxygen atoms in total. The molecule has 1 aliphatic heterocycles. The van der Waals surface area contributed by atoms with Gasteiger partial charge in [-0.3, -0.25) is 9.59 Å². The Morgan fingerprint density at radius 2 is 2.08 bits per heavy atom. The van der Waals surface area contributed by atoms with Crippen LogP contribution in [0.1, 0.15) is 53.9 Å². The van der Waals surface area contributed by atoms with Gasteiger partial charge in [0.05, 0.1) is 18.2 Å².